The normalized spacial score (nSPS) is 10.8. The molecule has 0 bridgehead atoms. The predicted octanol–water partition coefficient (Wildman–Crippen LogP) is 6.26. The third kappa shape index (κ3) is 6.15. The maximum Gasteiger partial charge on any atom is 0.341 e. The number of anilines is 1. The fourth-order valence-electron chi connectivity index (χ4n) is 3.65. The van der Waals surface area contributed by atoms with E-state index in [1.54, 1.807) is 12.1 Å². The van der Waals surface area contributed by atoms with Gasteiger partial charge in [-0.1, -0.05) is 35.5 Å². The van der Waals surface area contributed by atoms with Gasteiger partial charge >= 0.3 is 5.97 Å². The molecule has 4 rings (SSSR count). The molecule has 0 aliphatic heterocycles. The van der Waals surface area contributed by atoms with Crippen molar-refractivity contribution in [2.75, 3.05) is 24.8 Å². The Kier molecular flexibility index (Phi) is 8.86. The molecule has 0 aliphatic carbocycles. The fraction of sp³-hybridized carbons (Fsp3) is 0.231. The topological polar surface area (TPSA) is 95.3 Å². The molecule has 0 spiro atoms. The van der Waals surface area contributed by atoms with Crippen molar-refractivity contribution in [3.63, 3.8) is 0 Å². The first-order valence-corrected chi connectivity index (χ1v) is 13.7. The number of carbonyl (C=O) groups excluding carboxylic acids is 2. The van der Waals surface area contributed by atoms with E-state index in [4.69, 9.17) is 21.1 Å². The van der Waals surface area contributed by atoms with Gasteiger partial charge in [-0.3, -0.25) is 4.79 Å². The maximum atomic E-state index is 12.8. The summed E-state index contributed by atoms with van der Waals surface area (Å²) in [5.74, 6) is 0.801. The SMILES string of the molecule is CCOc1ccc(-c2nnc(SCC(=O)Nc3scc(-c4ccc(Cl)cc4)c3C(=O)OC)n2CC)cc1. The molecule has 4 aromatic rings. The number of rotatable bonds is 10. The molecule has 0 saturated heterocycles. The third-order valence-electron chi connectivity index (χ3n) is 5.38. The Hall–Kier alpha value is -3.34. The molecule has 1 amide bonds. The highest BCUT2D eigenvalue weighted by atomic mass is 35.5. The smallest absolute Gasteiger partial charge is 0.341 e. The van der Waals surface area contributed by atoms with Crippen LogP contribution in [0.3, 0.4) is 0 Å². The van der Waals surface area contributed by atoms with Gasteiger partial charge in [0.05, 0.1) is 19.5 Å². The van der Waals surface area contributed by atoms with Crippen LogP contribution in [0.5, 0.6) is 5.75 Å². The van der Waals surface area contributed by atoms with E-state index in [1.807, 2.05) is 60.2 Å². The van der Waals surface area contributed by atoms with Crippen molar-refractivity contribution < 1.29 is 19.1 Å². The average Bonchev–Trinajstić information content (AvgIpc) is 3.52. The summed E-state index contributed by atoms with van der Waals surface area (Å²) in [7, 11) is 1.31. The van der Waals surface area contributed by atoms with E-state index in [1.165, 1.54) is 30.2 Å². The molecule has 192 valence electrons. The van der Waals surface area contributed by atoms with Crippen molar-refractivity contribution >= 4 is 51.6 Å². The number of thiophene rings is 1. The number of benzene rings is 2. The molecule has 0 atom stereocenters. The lowest BCUT2D eigenvalue weighted by Gasteiger charge is -2.09. The lowest BCUT2D eigenvalue weighted by molar-refractivity contribution is -0.113. The van der Waals surface area contributed by atoms with Crippen LogP contribution in [0.15, 0.2) is 59.1 Å². The largest absolute Gasteiger partial charge is 0.494 e. The quantitative estimate of drug-likeness (QED) is 0.182. The van der Waals surface area contributed by atoms with Gasteiger partial charge in [-0.05, 0) is 55.8 Å². The van der Waals surface area contributed by atoms with Crippen LogP contribution in [0.2, 0.25) is 5.02 Å². The molecule has 0 saturated carbocycles. The lowest BCUT2D eigenvalue weighted by Crippen LogP contribution is -2.16. The van der Waals surface area contributed by atoms with Crippen LogP contribution in [0.4, 0.5) is 5.00 Å². The molecule has 2 aromatic carbocycles. The second-order valence-electron chi connectivity index (χ2n) is 7.70. The zero-order valence-corrected chi connectivity index (χ0v) is 22.9. The van der Waals surface area contributed by atoms with Gasteiger partial charge in [0.1, 0.15) is 16.3 Å². The van der Waals surface area contributed by atoms with Crippen LogP contribution in [0, 0.1) is 0 Å². The molecule has 0 radical (unpaired) electrons. The van der Waals surface area contributed by atoms with E-state index in [0.29, 0.717) is 45.3 Å². The number of esters is 1. The standard InChI is InChI=1S/C26H25ClN4O4S2/c1-4-31-23(17-8-12-19(13-9-17)35-5-2)29-30-26(31)37-15-21(32)28-24-22(25(33)34-3)20(14-36-24)16-6-10-18(27)11-7-16/h6-14H,4-5,15H2,1-3H3,(H,28,32). The molecule has 2 heterocycles. The van der Waals surface area contributed by atoms with Crippen LogP contribution >= 0.6 is 34.7 Å². The molecule has 8 nitrogen and oxygen atoms in total. The number of hydrogen-bond donors (Lipinski definition) is 1. The first-order chi connectivity index (χ1) is 17.9. The van der Waals surface area contributed by atoms with Crippen molar-refractivity contribution in [1.82, 2.24) is 14.8 Å². The zero-order chi connectivity index (χ0) is 26.4. The number of halogens is 1. The number of ether oxygens (including phenoxy) is 2. The Morgan fingerprint density at radius 3 is 2.41 bits per heavy atom. The Morgan fingerprint density at radius 1 is 1.05 bits per heavy atom. The van der Waals surface area contributed by atoms with E-state index in [0.717, 1.165) is 16.9 Å². The van der Waals surface area contributed by atoms with Gasteiger partial charge < -0.3 is 19.4 Å². The van der Waals surface area contributed by atoms with Crippen LogP contribution in [0.25, 0.3) is 22.5 Å². The molecule has 37 heavy (non-hydrogen) atoms. The van der Waals surface area contributed by atoms with Crippen molar-refractivity contribution in [3.05, 3.63) is 64.5 Å². The molecular weight excluding hydrogens is 532 g/mol. The van der Waals surface area contributed by atoms with E-state index >= 15 is 0 Å². The maximum absolute atomic E-state index is 12.8. The molecule has 1 N–H and O–H groups in total. The minimum Gasteiger partial charge on any atom is -0.494 e. The number of amides is 1. The van der Waals surface area contributed by atoms with E-state index in [-0.39, 0.29) is 11.7 Å². The first-order valence-electron chi connectivity index (χ1n) is 11.5. The van der Waals surface area contributed by atoms with Gasteiger partial charge in [-0.2, -0.15) is 0 Å². The van der Waals surface area contributed by atoms with E-state index < -0.39 is 5.97 Å². The van der Waals surface area contributed by atoms with Crippen molar-refractivity contribution in [2.24, 2.45) is 0 Å². The first kappa shape index (κ1) is 26.7. The summed E-state index contributed by atoms with van der Waals surface area (Å²) >= 11 is 8.54. The summed E-state index contributed by atoms with van der Waals surface area (Å²) in [5, 5.41) is 14.9. The van der Waals surface area contributed by atoms with Gasteiger partial charge in [0.25, 0.3) is 0 Å². The van der Waals surface area contributed by atoms with Gasteiger partial charge in [0.2, 0.25) is 5.91 Å². The molecular formula is C26H25ClN4O4S2. The highest BCUT2D eigenvalue weighted by Gasteiger charge is 2.23. The summed E-state index contributed by atoms with van der Waals surface area (Å²) in [5.41, 5.74) is 2.68. The number of carbonyl (C=O) groups is 2. The Balaban J connectivity index is 1.48. The lowest BCUT2D eigenvalue weighted by atomic mass is 10.0. The minimum atomic E-state index is -0.528. The van der Waals surface area contributed by atoms with Crippen molar-refractivity contribution in [2.45, 2.75) is 25.5 Å². The van der Waals surface area contributed by atoms with E-state index in [9.17, 15) is 9.59 Å². The second-order valence-corrected chi connectivity index (χ2v) is 9.96. The highest BCUT2D eigenvalue weighted by molar-refractivity contribution is 7.99. The van der Waals surface area contributed by atoms with Crippen LogP contribution < -0.4 is 10.1 Å². The van der Waals surface area contributed by atoms with Gasteiger partial charge in [-0.25, -0.2) is 4.79 Å². The average molecular weight is 557 g/mol. The Labute approximate surface area is 228 Å². The van der Waals surface area contributed by atoms with Gasteiger partial charge in [-0.15, -0.1) is 21.5 Å². The van der Waals surface area contributed by atoms with Crippen molar-refractivity contribution in [3.8, 4) is 28.3 Å². The fourth-order valence-corrected chi connectivity index (χ4v) is 5.55. The van der Waals surface area contributed by atoms with Crippen molar-refractivity contribution in [1.29, 1.82) is 0 Å². The molecule has 2 aromatic heterocycles. The third-order valence-corrected chi connectivity index (χ3v) is 7.49. The molecule has 0 unspecified atom stereocenters. The second kappa shape index (κ2) is 12.3. The monoisotopic (exact) mass is 556 g/mol. The van der Waals surface area contributed by atoms with Crippen LogP contribution in [0.1, 0.15) is 24.2 Å². The molecule has 11 heteroatoms. The Morgan fingerprint density at radius 2 is 1.76 bits per heavy atom. The van der Waals surface area contributed by atoms with Crippen LogP contribution in [-0.4, -0.2) is 46.1 Å². The molecule has 0 fully saturated rings. The highest BCUT2D eigenvalue weighted by Crippen LogP contribution is 2.37. The number of nitrogens with zero attached hydrogens (tertiary/aromatic N) is 3. The zero-order valence-electron chi connectivity index (χ0n) is 20.5. The summed E-state index contributed by atoms with van der Waals surface area (Å²) in [6.45, 7) is 5.18. The number of thioether (sulfide) groups is 1. The molecule has 0 aliphatic rings. The summed E-state index contributed by atoms with van der Waals surface area (Å²) in [6, 6.07) is 14.8. The summed E-state index contributed by atoms with van der Waals surface area (Å²) < 4.78 is 12.4. The van der Waals surface area contributed by atoms with Gasteiger partial charge in [0.15, 0.2) is 11.0 Å². The summed E-state index contributed by atoms with van der Waals surface area (Å²) in [6.07, 6.45) is 0. The number of aromatic nitrogens is 3. The minimum absolute atomic E-state index is 0.0935. The Bertz CT molecular complexity index is 1380. The van der Waals surface area contributed by atoms with Gasteiger partial charge in [0, 0.05) is 28.1 Å². The van der Waals surface area contributed by atoms with Crippen LogP contribution in [-0.2, 0) is 16.1 Å². The summed E-state index contributed by atoms with van der Waals surface area (Å²) in [4.78, 5) is 25.4. The number of nitrogens with one attached hydrogen (secondary N) is 1. The number of hydrogen-bond acceptors (Lipinski definition) is 8. The number of methoxy groups -OCH3 is 1. The predicted molar refractivity (Wildman–Crippen MR) is 148 cm³/mol. The van der Waals surface area contributed by atoms with E-state index in [2.05, 4.69) is 15.5 Å².